The summed E-state index contributed by atoms with van der Waals surface area (Å²) in [6.45, 7) is 2.54. The molecule has 0 fully saturated rings. The summed E-state index contributed by atoms with van der Waals surface area (Å²) in [4.78, 5) is 25.8. The average molecular weight is 405 g/mol. The number of carbonyl (C=O) groups is 1. The zero-order chi connectivity index (χ0) is 20.4. The maximum absolute atomic E-state index is 13.3. The highest BCUT2D eigenvalue weighted by Crippen LogP contribution is 2.41. The fourth-order valence-electron chi connectivity index (χ4n) is 3.34. The van der Waals surface area contributed by atoms with Crippen LogP contribution in [0.2, 0.25) is 5.02 Å². The third kappa shape index (κ3) is 3.50. The van der Waals surface area contributed by atoms with Gasteiger partial charge in [0, 0.05) is 30.4 Å². The summed E-state index contributed by atoms with van der Waals surface area (Å²) >= 11 is 6.01. The lowest BCUT2D eigenvalue weighted by Crippen LogP contribution is -2.35. The number of hydrogen-bond acceptors (Lipinski definition) is 6. The van der Waals surface area contributed by atoms with Crippen LogP contribution in [0.15, 0.2) is 46.6 Å². The second kappa shape index (κ2) is 8.08. The Balaban J connectivity index is 2.28. The normalized spacial score (nSPS) is 15.8. The van der Waals surface area contributed by atoms with E-state index < -0.39 is 11.9 Å². The van der Waals surface area contributed by atoms with Crippen LogP contribution in [0.25, 0.3) is 0 Å². The number of esters is 1. The molecule has 1 aromatic carbocycles. The molecule has 2 aromatic rings. The van der Waals surface area contributed by atoms with Crippen LogP contribution in [0.1, 0.15) is 22.7 Å². The van der Waals surface area contributed by atoms with Gasteiger partial charge in [-0.25, -0.2) is 4.79 Å². The third-order valence-corrected chi connectivity index (χ3v) is 4.95. The van der Waals surface area contributed by atoms with E-state index in [-0.39, 0.29) is 17.0 Å². The minimum absolute atomic E-state index is 0.0802. The third-order valence-electron chi connectivity index (χ3n) is 4.70. The van der Waals surface area contributed by atoms with Crippen molar-refractivity contribution in [3.63, 3.8) is 0 Å². The van der Waals surface area contributed by atoms with E-state index in [1.54, 1.807) is 48.9 Å². The van der Waals surface area contributed by atoms with Crippen molar-refractivity contribution in [3.8, 4) is 5.75 Å². The standard InChI is InChI=1S/C20H21ClN2O5/c1-11-10-14-16(19(24)23(11)8-9-26-2)15(12-4-6-13(21)7-5-12)17(18(22)28-14)20(25)27-3/h4-7,10,15H,8-9,22H2,1-3H3. The van der Waals surface area contributed by atoms with Crippen molar-refractivity contribution in [1.29, 1.82) is 0 Å². The van der Waals surface area contributed by atoms with Gasteiger partial charge in [-0.1, -0.05) is 23.7 Å². The molecule has 148 valence electrons. The fraction of sp³-hybridized carbons (Fsp3) is 0.300. The van der Waals surface area contributed by atoms with Gasteiger partial charge in [0.1, 0.15) is 11.3 Å². The highest BCUT2D eigenvalue weighted by molar-refractivity contribution is 6.30. The van der Waals surface area contributed by atoms with Crippen LogP contribution in [0.5, 0.6) is 5.75 Å². The molecular formula is C20H21ClN2O5. The molecule has 0 saturated heterocycles. The first kappa shape index (κ1) is 20.0. The monoisotopic (exact) mass is 404 g/mol. The summed E-state index contributed by atoms with van der Waals surface area (Å²) in [7, 11) is 2.82. The SMILES string of the molecule is COCCn1c(C)cc2c(c1=O)C(c1ccc(Cl)cc1)C(C(=O)OC)=C(N)O2. The van der Waals surface area contributed by atoms with Crippen molar-refractivity contribution in [1.82, 2.24) is 4.57 Å². The first-order chi connectivity index (χ1) is 13.4. The molecule has 28 heavy (non-hydrogen) atoms. The Kier molecular flexibility index (Phi) is 5.76. The van der Waals surface area contributed by atoms with Gasteiger partial charge in [0.25, 0.3) is 5.56 Å². The molecule has 7 nitrogen and oxygen atoms in total. The van der Waals surface area contributed by atoms with Crippen LogP contribution in [-0.2, 0) is 20.8 Å². The topological polar surface area (TPSA) is 92.8 Å². The number of rotatable bonds is 5. The van der Waals surface area contributed by atoms with Crippen LogP contribution in [0, 0.1) is 6.92 Å². The number of aromatic nitrogens is 1. The summed E-state index contributed by atoms with van der Waals surface area (Å²) < 4.78 is 17.2. The molecule has 1 atom stereocenters. The number of nitrogens with zero attached hydrogens (tertiary/aromatic N) is 1. The van der Waals surface area contributed by atoms with Gasteiger partial charge < -0.3 is 24.5 Å². The number of hydrogen-bond donors (Lipinski definition) is 1. The maximum atomic E-state index is 13.3. The molecule has 0 amide bonds. The predicted octanol–water partition coefficient (Wildman–Crippen LogP) is 2.32. The summed E-state index contributed by atoms with van der Waals surface area (Å²) in [6.07, 6.45) is 0. The Bertz CT molecular complexity index is 995. The molecule has 0 aliphatic carbocycles. The molecule has 3 rings (SSSR count). The Morgan fingerprint density at radius 2 is 1.96 bits per heavy atom. The summed E-state index contributed by atoms with van der Waals surface area (Å²) in [5.41, 5.74) is 7.55. The Morgan fingerprint density at radius 3 is 2.57 bits per heavy atom. The molecular weight excluding hydrogens is 384 g/mol. The van der Waals surface area contributed by atoms with Gasteiger partial charge in [-0.2, -0.15) is 0 Å². The van der Waals surface area contributed by atoms with Gasteiger partial charge >= 0.3 is 5.97 Å². The van der Waals surface area contributed by atoms with Crippen molar-refractivity contribution in [2.75, 3.05) is 20.8 Å². The molecule has 0 saturated carbocycles. The van der Waals surface area contributed by atoms with Crippen molar-refractivity contribution in [2.24, 2.45) is 5.73 Å². The number of fused-ring (bicyclic) bond motifs is 1. The first-order valence-electron chi connectivity index (χ1n) is 8.63. The van der Waals surface area contributed by atoms with Gasteiger partial charge in [0.15, 0.2) is 0 Å². The molecule has 2 heterocycles. The number of benzene rings is 1. The lowest BCUT2D eigenvalue weighted by Gasteiger charge is -2.29. The number of ether oxygens (including phenoxy) is 3. The molecule has 1 aromatic heterocycles. The van der Waals surface area contributed by atoms with Gasteiger partial charge in [-0.3, -0.25) is 4.79 Å². The van der Waals surface area contributed by atoms with E-state index in [1.807, 2.05) is 0 Å². The van der Waals surface area contributed by atoms with E-state index in [2.05, 4.69) is 0 Å². The van der Waals surface area contributed by atoms with E-state index in [0.717, 1.165) is 0 Å². The number of halogens is 1. The minimum atomic E-state index is -0.740. The Labute approximate surface area is 167 Å². The van der Waals surface area contributed by atoms with Gasteiger partial charge in [-0.15, -0.1) is 0 Å². The Morgan fingerprint density at radius 1 is 1.29 bits per heavy atom. The number of aryl methyl sites for hydroxylation is 1. The quantitative estimate of drug-likeness (QED) is 0.769. The second-order valence-corrected chi connectivity index (χ2v) is 6.81. The average Bonchev–Trinajstić information content (AvgIpc) is 2.67. The Hall–Kier alpha value is -2.77. The zero-order valence-electron chi connectivity index (χ0n) is 15.8. The highest BCUT2D eigenvalue weighted by atomic mass is 35.5. The first-order valence-corrected chi connectivity index (χ1v) is 9.01. The van der Waals surface area contributed by atoms with Crippen molar-refractivity contribution < 1.29 is 19.0 Å². The van der Waals surface area contributed by atoms with Gasteiger partial charge in [0.2, 0.25) is 5.88 Å². The largest absolute Gasteiger partial charge is 0.465 e. The molecule has 0 spiro atoms. The zero-order valence-corrected chi connectivity index (χ0v) is 16.6. The maximum Gasteiger partial charge on any atom is 0.340 e. The minimum Gasteiger partial charge on any atom is -0.465 e. The molecule has 1 aliphatic rings. The molecule has 0 bridgehead atoms. The van der Waals surface area contributed by atoms with Gasteiger partial charge in [-0.05, 0) is 24.6 Å². The summed E-state index contributed by atoms with van der Waals surface area (Å²) in [5, 5.41) is 0.536. The van der Waals surface area contributed by atoms with Crippen molar-refractivity contribution >= 4 is 17.6 Å². The van der Waals surface area contributed by atoms with Gasteiger partial charge in [0.05, 0.1) is 25.2 Å². The lowest BCUT2D eigenvalue weighted by molar-refractivity contribution is -0.136. The number of nitrogens with two attached hydrogens (primary N) is 1. The van der Waals surface area contributed by atoms with Crippen molar-refractivity contribution in [3.05, 3.63) is 74.0 Å². The predicted molar refractivity (Wildman–Crippen MR) is 104 cm³/mol. The molecule has 1 unspecified atom stereocenters. The van der Waals surface area contributed by atoms with E-state index in [9.17, 15) is 9.59 Å². The molecule has 1 aliphatic heterocycles. The van der Waals surface area contributed by atoms with E-state index >= 15 is 0 Å². The van der Waals surface area contributed by atoms with Crippen LogP contribution in [0.4, 0.5) is 0 Å². The van der Waals surface area contributed by atoms with Crippen molar-refractivity contribution in [2.45, 2.75) is 19.4 Å². The summed E-state index contributed by atoms with van der Waals surface area (Å²) in [5.74, 6) is -1.17. The number of carbonyl (C=O) groups excluding carboxylic acids is 1. The van der Waals surface area contributed by atoms with E-state index in [1.165, 1.54) is 7.11 Å². The number of methoxy groups -OCH3 is 2. The summed E-state index contributed by atoms with van der Waals surface area (Å²) in [6, 6.07) is 8.61. The fourth-order valence-corrected chi connectivity index (χ4v) is 3.47. The molecule has 0 radical (unpaired) electrons. The van der Waals surface area contributed by atoms with E-state index in [4.69, 9.17) is 31.5 Å². The van der Waals surface area contributed by atoms with Crippen LogP contribution in [0.3, 0.4) is 0 Å². The number of pyridine rings is 1. The van der Waals surface area contributed by atoms with Crippen LogP contribution in [-0.4, -0.2) is 31.4 Å². The smallest absolute Gasteiger partial charge is 0.340 e. The molecule has 2 N–H and O–H groups in total. The van der Waals surface area contributed by atoms with E-state index in [0.29, 0.717) is 40.7 Å². The lowest BCUT2D eigenvalue weighted by atomic mass is 9.83. The second-order valence-electron chi connectivity index (χ2n) is 6.37. The molecule has 8 heteroatoms. The van der Waals surface area contributed by atoms with Crippen LogP contribution >= 0.6 is 11.6 Å². The van der Waals surface area contributed by atoms with Crippen LogP contribution < -0.4 is 16.0 Å². The highest BCUT2D eigenvalue weighted by Gasteiger charge is 2.38.